The smallest absolute Gasteiger partial charge is 0.191 e. The molecule has 1 aromatic carbocycles. The van der Waals surface area contributed by atoms with Gasteiger partial charge in [-0.1, -0.05) is 25.5 Å². The fourth-order valence-electron chi connectivity index (χ4n) is 3.17. The number of aliphatic imine (C=N–C) groups is 1. The number of hydrogen-bond donors (Lipinski definition) is 2. The lowest BCUT2D eigenvalue weighted by Crippen LogP contribution is -2.46. The molecule has 0 amide bonds. The van der Waals surface area contributed by atoms with Gasteiger partial charge in [-0.05, 0) is 43.9 Å². The van der Waals surface area contributed by atoms with E-state index in [9.17, 15) is 4.21 Å². The Kier molecular flexibility index (Phi) is 11.2. The van der Waals surface area contributed by atoms with Gasteiger partial charge in [-0.2, -0.15) is 0 Å². The van der Waals surface area contributed by atoms with Crippen LogP contribution in [0.1, 0.15) is 45.1 Å². The van der Waals surface area contributed by atoms with Crippen molar-refractivity contribution in [2.24, 2.45) is 4.99 Å². The van der Waals surface area contributed by atoms with Crippen molar-refractivity contribution in [3.05, 3.63) is 29.8 Å². The van der Waals surface area contributed by atoms with E-state index in [1.165, 1.54) is 0 Å². The number of nitrogens with zero attached hydrogens (tertiary/aromatic N) is 1. The summed E-state index contributed by atoms with van der Waals surface area (Å²) in [7, 11) is 0.968. The molecule has 2 rings (SSSR count). The highest BCUT2D eigenvalue weighted by Crippen LogP contribution is 2.23. The third kappa shape index (κ3) is 7.42. The summed E-state index contributed by atoms with van der Waals surface area (Å²) < 4.78 is 17.3. The minimum atomic E-state index is -0.702. The topological polar surface area (TPSA) is 62.7 Å². The number of methoxy groups -OCH3 is 1. The first kappa shape index (κ1) is 23.2. The minimum absolute atomic E-state index is 0. The van der Waals surface area contributed by atoms with Crippen molar-refractivity contribution in [1.82, 2.24) is 10.6 Å². The molecule has 1 aromatic rings. The molecule has 0 radical (unpaired) electrons. The normalized spacial score (nSPS) is 21.4. The average Bonchev–Trinajstić information content (AvgIpc) is 2.66. The summed E-state index contributed by atoms with van der Waals surface area (Å²) in [6, 6.07) is 8.33. The Balaban J connectivity index is 0.00000338. The highest BCUT2D eigenvalue weighted by molar-refractivity contribution is 14.0. The monoisotopic (exact) mass is 493 g/mol. The summed E-state index contributed by atoms with van der Waals surface area (Å²) in [4.78, 5) is 4.70. The second-order valence-electron chi connectivity index (χ2n) is 6.34. The summed E-state index contributed by atoms with van der Waals surface area (Å²) in [5.41, 5.74) is 1.15. The zero-order valence-corrected chi connectivity index (χ0v) is 19.1. The van der Waals surface area contributed by atoms with Gasteiger partial charge in [0.1, 0.15) is 5.75 Å². The van der Waals surface area contributed by atoms with Crippen LogP contribution >= 0.6 is 24.0 Å². The van der Waals surface area contributed by atoms with E-state index in [0.29, 0.717) is 17.8 Å². The number of guanidine groups is 1. The Hall–Kier alpha value is -0.830. The van der Waals surface area contributed by atoms with Crippen molar-refractivity contribution in [1.29, 1.82) is 0 Å². The largest absolute Gasteiger partial charge is 0.497 e. The summed E-state index contributed by atoms with van der Waals surface area (Å²) in [5.74, 6) is 2.45. The van der Waals surface area contributed by atoms with E-state index >= 15 is 0 Å². The maximum atomic E-state index is 12.1. The van der Waals surface area contributed by atoms with Crippen LogP contribution in [0, 0.1) is 0 Å². The SMILES string of the molecule is CCNC(=NCc1ccc(OC)cc1)NC1CCCC(S(=O)CC)C1.I. The van der Waals surface area contributed by atoms with E-state index in [-0.39, 0.29) is 24.0 Å². The maximum Gasteiger partial charge on any atom is 0.191 e. The molecule has 1 saturated carbocycles. The lowest BCUT2D eigenvalue weighted by Gasteiger charge is -2.30. The Labute approximate surface area is 177 Å². The fourth-order valence-corrected chi connectivity index (χ4v) is 4.51. The lowest BCUT2D eigenvalue weighted by molar-refractivity contribution is 0.413. The predicted octanol–water partition coefficient (Wildman–Crippen LogP) is 3.45. The Morgan fingerprint density at radius 2 is 2.00 bits per heavy atom. The molecule has 3 unspecified atom stereocenters. The van der Waals surface area contributed by atoms with Crippen molar-refractivity contribution in [2.45, 2.75) is 57.4 Å². The molecule has 0 aromatic heterocycles. The molecule has 0 aliphatic heterocycles. The van der Waals surface area contributed by atoms with E-state index in [4.69, 9.17) is 9.73 Å². The van der Waals surface area contributed by atoms with Gasteiger partial charge in [-0.15, -0.1) is 24.0 Å². The van der Waals surface area contributed by atoms with Crippen molar-refractivity contribution >= 4 is 40.7 Å². The number of rotatable bonds is 7. The molecule has 0 spiro atoms. The molecule has 148 valence electrons. The summed E-state index contributed by atoms with van der Waals surface area (Å²) >= 11 is 0. The second kappa shape index (κ2) is 12.5. The summed E-state index contributed by atoms with van der Waals surface area (Å²) in [5, 5.41) is 7.18. The van der Waals surface area contributed by atoms with Crippen LogP contribution in [-0.4, -0.2) is 40.9 Å². The number of benzene rings is 1. The van der Waals surface area contributed by atoms with Crippen molar-refractivity contribution in [2.75, 3.05) is 19.4 Å². The van der Waals surface area contributed by atoms with Gasteiger partial charge in [-0.3, -0.25) is 4.21 Å². The van der Waals surface area contributed by atoms with E-state index in [0.717, 1.165) is 55.3 Å². The first-order chi connectivity index (χ1) is 12.2. The first-order valence-electron chi connectivity index (χ1n) is 9.21. The van der Waals surface area contributed by atoms with Crippen LogP contribution < -0.4 is 15.4 Å². The van der Waals surface area contributed by atoms with Crippen molar-refractivity contribution in [3.8, 4) is 5.75 Å². The molecule has 3 atom stereocenters. The summed E-state index contributed by atoms with van der Waals surface area (Å²) in [6.45, 7) is 5.52. The molecule has 26 heavy (non-hydrogen) atoms. The molecule has 1 aliphatic carbocycles. The van der Waals surface area contributed by atoms with Gasteiger partial charge in [0.2, 0.25) is 0 Å². The Morgan fingerprint density at radius 1 is 1.27 bits per heavy atom. The molecule has 1 aliphatic rings. The quantitative estimate of drug-likeness (QED) is 0.347. The van der Waals surface area contributed by atoms with Crippen LogP contribution in [-0.2, 0) is 17.3 Å². The summed E-state index contributed by atoms with van der Waals surface area (Å²) in [6.07, 6.45) is 4.29. The van der Waals surface area contributed by atoms with Crippen molar-refractivity contribution in [3.63, 3.8) is 0 Å². The molecule has 0 bridgehead atoms. The molecular formula is C19H32IN3O2S. The molecule has 7 heteroatoms. The van der Waals surface area contributed by atoms with Gasteiger partial charge in [0.05, 0.1) is 13.7 Å². The third-order valence-corrected chi connectivity index (χ3v) is 6.29. The Bertz CT molecular complexity index is 581. The van der Waals surface area contributed by atoms with Crippen LogP contribution in [0.25, 0.3) is 0 Å². The van der Waals surface area contributed by atoms with Crippen LogP contribution in [0.4, 0.5) is 0 Å². The minimum Gasteiger partial charge on any atom is -0.497 e. The second-order valence-corrected chi connectivity index (χ2v) is 8.35. The van der Waals surface area contributed by atoms with Gasteiger partial charge < -0.3 is 15.4 Å². The molecule has 1 fully saturated rings. The van der Waals surface area contributed by atoms with Crippen LogP contribution in [0.3, 0.4) is 0 Å². The first-order valence-corrected chi connectivity index (χ1v) is 10.6. The van der Waals surface area contributed by atoms with Gasteiger partial charge in [0.25, 0.3) is 0 Å². The van der Waals surface area contributed by atoms with E-state index in [2.05, 4.69) is 17.6 Å². The van der Waals surface area contributed by atoms with E-state index in [1.54, 1.807) is 7.11 Å². The van der Waals surface area contributed by atoms with Crippen LogP contribution in [0.2, 0.25) is 0 Å². The highest BCUT2D eigenvalue weighted by Gasteiger charge is 2.25. The van der Waals surface area contributed by atoms with E-state index in [1.807, 2.05) is 31.2 Å². The zero-order chi connectivity index (χ0) is 18.1. The van der Waals surface area contributed by atoms with Gasteiger partial charge in [0.15, 0.2) is 5.96 Å². The molecule has 5 nitrogen and oxygen atoms in total. The van der Waals surface area contributed by atoms with Crippen LogP contribution in [0.15, 0.2) is 29.3 Å². The molecular weight excluding hydrogens is 461 g/mol. The molecule has 2 N–H and O–H groups in total. The van der Waals surface area contributed by atoms with Gasteiger partial charge in [-0.25, -0.2) is 4.99 Å². The van der Waals surface area contributed by atoms with Crippen LogP contribution in [0.5, 0.6) is 5.75 Å². The standard InChI is InChI=1S/C19H31N3O2S.HI/c1-4-20-19(21-14-15-9-11-17(24-3)12-10-15)22-16-7-6-8-18(13-16)25(23)5-2;/h9-12,16,18H,4-8,13-14H2,1-3H3,(H2,20,21,22);1H. The average molecular weight is 493 g/mol. The van der Waals surface area contributed by atoms with Crippen molar-refractivity contribution < 1.29 is 8.95 Å². The maximum absolute atomic E-state index is 12.1. The zero-order valence-electron chi connectivity index (χ0n) is 16.0. The fraction of sp³-hybridized carbons (Fsp3) is 0.632. The third-order valence-electron chi connectivity index (χ3n) is 4.55. The molecule has 0 heterocycles. The van der Waals surface area contributed by atoms with E-state index < -0.39 is 10.8 Å². The lowest BCUT2D eigenvalue weighted by atomic mass is 9.95. The van der Waals surface area contributed by atoms with Gasteiger partial charge >= 0.3 is 0 Å². The number of halogens is 1. The number of hydrogen-bond acceptors (Lipinski definition) is 3. The Morgan fingerprint density at radius 3 is 2.62 bits per heavy atom. The van der Waals surface area contributed by atoms with Gasteiger partial charge in [0, 0.05) is 34.4 Å². The number of ether oxygens (including phenoxy) is 1. The number of nitrogens with one attached hydrogen (secondary N) is 2. The predicted molar refractivity (Wildman–Crippen MR) is 121 cm³/mol. The highest BCUT2D eigenvalue weighted by atomic mass is 127. The molecule has 0 saturated heterocycles.